The van der Waals surface area contributed by atoms with Gasteiger partial charge in [0.1, 0.15) is 0 Å². The first kappa shape index (κ1) is 14.0. The highest BCUT2D eigenvalue weighted by Gasteiger charge is 2.18. The van der Waals surface area contributed by atoms with Crippen molar-refractivity contribution in [3.05, 3.63) is 36.4 Å². The lowest BCUT2D eigenvalue weighted by Crippen LogP contribution is -2.36. The van der Waals surface area contributed by atoms with Crippen molar-refractivity contribution in [2.45, 2.75) is 6.92 Å². The van der Waals surface area contributed by atoms with Crippen LogP contribution >= 0.6 is 0 Å². The van der Waals surface area contributed by atoms with E-state index in [2.05, 4.69) is 26.0 Å². The minimum absolute atomic E-state index is 0.631. The number of aryl methyl sites for hydroxylation is 1. The summed E-state index contributed by atoms with van der Waals surface area (Å²) >= 11 is 0. The Labute approximate surface area is 133 Å². The van der Waals surface area contributed by atoms with Gasteiger partial charge in [0.15, 0.2) is 5.65 Å². The van der Waals surface area contributed by atoms with Gasteiger partial charge in [0.25, 0.3) is 0 Å². The summed E-state index contributed by atoms with van der Waals surface area (Å²) < 4.78 is 7.26. The first-order valence-electron chi connectivity index (χ1n) is 7.62. The molecule has 4 heterocycles. The van der Waals surface area contributed by atoms with E-state index in [0.717, 1.165) is 54.6 Å². The first-order valence-corrected chi connectivity index (χ1v) is 7.62. The fourth-order valence-electron chi connectivity index (χ4n) is 2.88. The van der Waals surface area contributed by atoms with Gasteiger partial charge in [-0.2, -0.15) is 5.10 Å². The molecule has 1 saturated heterocycles. The number of nitrogen functional groups attached to an aromatic ring is 1. The topological polar surface area (TPSA) is 81.6 Å². The quantitative estimate of drug-likeness (QED) is 0.773. The number of pyridine rings is 1. The van der Waals surface area contributed by atoms with Gasteiger partial charge in [-0.15, -0.1) is 0 Å². The number of hydrogen-bond acceptors (Lipinski definition) is 6. The van der Waals surface area contributed by atoms with Crippen molar-refractivity contribution in [1.29, 1.82) is 0 Å². The lowest BCUT2D eigenvalue weighted by Gasteiger charge is -2.29. The van der Waals surface area contributed by atoms with Gasteiger partial charge >= 0.3 is 0 Å². The van der Waals surface area contributed by atoms with Crippen LogP contribution in [-0.2, 0) is 4.74 Å². The predicted molar refractivity (Wildman–Crippen MR) is 88.4 cm³/mol. The molecule has 0 atom stereocenters. The van der Waals surface area contributed by atoms with Gasteiger partial charge in [0.05, 0.1) is 36.5 Å². The van der Waals surface area contributed by atoms with Crippen molar-refractivity contribution in [3.8, 4) is 11.3 Å². The number of aromatic nitrogens is 4. The fourth-order valence-corrected chi connectivity index (χ4v) is 2.88. The number of fused-ring (bicyclic) bond motifs is 1. The van der Waals surface area contributed by atoms with Gasteiger partial charge in [-0.1, -0.05) is 0 Å². The monoisotopic (exact) mass is 310 g/mol. The van der Waals surface area contributed by atoms with E-state index >= 15 is 0 Å². The molecule has 1 fully saturated rings. The molecule has 0 amide bonds. The molecule has 0 saturated carbocycles. The van der Waals surface area contributed by atoms with Crippen LogP contribution in [0.2, 0.25) is 0 Å². The zero-order valence-corrected chi connectivity index (χ0v) is 12.9. The highest BCUT2D eigenvalue weighted by Crippen LogP contribution is 2.29. The number of anilines is 2. The molecule has 3 aromatic rings. The molecule has 0 aromatic carbocycles. The molecule has 7 heteroatoms. The maximum atomic E-state index is 5.90. The van der Waals surface area contributed by atoms with E-state index in [0.29, 0.717) is 5.69 Å². The first-order chi connectivity index (χ1) is 11.2. The Bertz CT molecular complexity index is 853. The third-order valence-corrected chi connectivity index (χ3v) is 4.08. The molecule has 2 N–H and O–H groups in total. The van der Waals surface area contributed by atoms with Crippen LogP contribution in [0.3, 0.4) is 0 Å². The van der Waals surface area contributed by atoms with Crippen molar-refractivity contribution in [2.75, 3.05) is 36.9 Å². The smallest absolute Gasteiger partial charge is 0.177 e. The molecule has 1 aliphatic heterocycles. The molecule has 23 heavy (non-hydrogen) atoms. The van der Waals surface area contributed by atoms with Gasteiger partial charge in [0.2, 0.25) is 0 Å². The van der Waals surface area contributed by atoms with Crippen LogP contribution in [-0.4, -0.2) is 45.9 Å². The van der Waals surface area contributed by atoms with E-state index in [-0.39, 0.29) is 0 Å². The summed E-state index contributed by atoms with van der Waals surface area (Å²) in [6.45, 7) is 5.11. The van der Waals surface area contributed by atoms with Gasteiger partial charge in [-0.3, -0.25) is 4.98 Å². The van der Waals surface area contributed by atoms with Crippen LogP contribution in [0.15, 0.2) is 30.7 Å². The van der Waals surface area contributed by atoms with E-state index < -0.39 is 0 Å². The zero-order valence-electron chi connectivity index (χ0n) is 12.9. The highest BCUT2D eigenvalue weighted by atomic mass is 16.5. The molecule has 1 aliphatic rings. The predicted octanol–water partition coefficient (Wildman–Crippen LogP) is 1.52. The van der Waals surface area contributed by atoms with E-state index in [9.17, 15) is 0 Å². The molecule has 0 bridgehead atoms. The molecular formula is C16H18N6O. The Hall–Kier alpha value is -2.67. The summed E-state index contributed by atoms with van der Waals surface area (Å²) in [5.41, 5.74) is 11.1. The van der Waals surface area contributed by atoms with Crippen molar-refractivity contribution in [1.82, 2.24) is 19.6 Å². The molecule has 0 spiro atoms. The Balaban J connectivity index is 1.89. The second kappa shape index (κ2) is 5.51. The van der Waals surface area contributed by atoms with Crippen LogP contribution in [0, 0.1) is 6.92 Å². The molecule has 3 aromatic heterocycles. The molecular weight excluding hydrogens is 292 g/mol. The van der Waals surface area contributed by atoms with Crippen LogP contribution < -0.4 is 10.6 Å². The number of nitrogens with zero attached hydrogens (tertiary/aromatic N) is 5. The second-order valence-electron chi connectivity index (χ2n) is 5.61. The average Bonchev–Trinajstić information content (AvgIpc) is 3.05. The SMILES string of the molecule is Cc1ncc(N)cc1-c1cc(N2CCOCC2)c2nccn2n1. The summed E-state index contributed by atoms with van der Waals surface area (Å²) in [4.78, 5) is 11.1. The van der Waals surface area contributed by atoms with Crippen LogP contribution in [0.5, 0.6) is 0 Å². The molecule has 0 radical (unpaired) electrons. The Morgan fingerprint density at radius 2 is 2.00 bits per heavy atom. The summed E-state index contributed by atoms with van der Waals surface area (Å²) in [6, 6.07) is 3.98. The van der Waals surface area contributed by atoms with Gasteiger partial charge < -0.3 is 15.4 Å². The molecule has 7 nitrogen and oxygen atoms in total. The summed E-state index contributed by atoms with van der Waals surface area (Å²) in [6.07, 6.45) is 5.29. The zero-order chi connectivity index (χ0) is 15.8. The molecule has 0 aliphatic carbocycles. The number of hydrogen-bond donors (Lipinski definition) is 1. The normalized spacial score (nSPS) is 15.3. The van der Waals surface area contributed by atoms with E-state index in [1.54, 1.807) is 12.4 Å². The largest absolute Gasteiger partial charge is 0.397 e. The van der Waals surface area contributed by atoms with Crippen LogP contribution in [0.4, 0.5) is 11.4 Å². The summed E-state index contributed by atoms with van der Waals surface area (Å²) in [5, 5.41) is 4.66. The highest BCUT2D eigenvalue weighted by molar-refractivity contribution is 5.76. The minimum atomic E-state index is 0.631. The van der Waals surface area contributed by atoms with E-state index in [1.807, 2.05) is 23.7 Å². The minimum Gasteiger partial charge on any atom is -0.397 e. The average molecular weight is 310 g/mol. The van der Waals surface area contributed by atoms with Crippen molar-refractivity contribution in [2.24, 2.45) is 0 Å². The van der Waals surface area contributed by atoms with E-state index in [4.69, 9.17) is 10.5 Å². The maximum Gasteiger partial charge on any atom is 0.177 e. The second-order valence-corrected chi connectivity index (χ2v) is 5.61. The third kappa shape index (κ3) is 2.49. The number of imidazole rings is 1. The summed E-state index contributed by atoms with van der Waals surface area (Å²) in [7, 11) is 0. The van der Waals surface area contributed by atoms with Crippen LogP contribution in [0.1, 0.15) is 5.69 Å². The lowest BCUT2D eigenvalue weighted by atomic mass is 10.1. The standard InChI is InChI=1S/C16H18N6O/c1-11-13(8-12(17)10-19-11)14-9-15(21-4-6-23-7-5-21)16-18-2-3-22(16)20-14/h2-3,8-10H,4-7,17H2,1H3. The molecule has 118 valence electrons. The Morgan fingerprint density at radius 3 is 2.83 bits per heavy atom. The van der Waals surface area contributed by atoms with Crippen molar-refractivity contribution < 1.29 is 4.74 Å². The maximum absolute atomic E-state index is 5.90. The third-order valence-electron chi connectivity index (χ3n) is 4.08. The van der Waals surface area contributed by atoms with Crippen molar-refractivity contribution in [3.63, 3.8) is 0 Å². The number of nitrogens with two attached hydrogens (primary N) is 1. The van der Waals surface area contributed by atoms with E-state index in [1.165, 1.54) is 0 Å². The van der Waals surface area contributed by atoms with Gasteiger partial charge in [-0.05, 0) is 19.1 Å². The number of ether oxygens (including phenoxy) is 1. The van der Waals surface area contributed by atoms with Crippen molar-refractivity contribution >= 4 is 17.0 Å². The van der Waals surface area contributed by atoms with Gasteiger partial charge in [-0.25, -0.2) is 9.50 Å². The van der Waals surface area contributed by atoms with Gasteiger partial charge in [0, 0.05) is 36.7 Å². The lowest BCUT2D eigenvalue weighted by molar-refractivity contribution is 0.123. The number of rotatable bonds is 2. The Morgan fingerprint density at radius 1 is 1.17 bits per heavy atom. The van der Waals surface area contributed by atoms with Crippen LogP contribution in [0.25, 0.3) is 16.9 Å². The number of morpholine rings is 1. The fraction of sp³-hybridized carbons (Fsp3) is 0.312. The molecule has 4 rings (SSSR count). The molecule has 0 unspecified atom stereocenters. The summed E-state index contributed by atoms with van der Waals surface area (Å²) in [5.74, 6) is 0. The Kier molecular flexibility index (Phi) is 3.34.